The van der Waals surface area contributed by atoms with Crippen LogP contribution in [0.4, 0.5) is 0 Å². The van der Waals surface area contributed by atoms with Gasteiger partial charge in [0.15, 0.2) is 5.96 Å². The third-order valence-electron chi connectivity index (χ3n) is 4.58. The van der Waals surface area contributed by atoms with E-state index in [9.17, 15) is 4.79 Å². The molecule has 6 nitrogen and oxygen atoms in total. The molecule has 0 saturated carbocycles. The number of ether oxygens (including phenoxy) is 1. The lowest BCUT2D eigenvalue weighted by Crippen LogP contribution is -2.29. The summed E-state index contributed by atoms with van der Waals surface area (Å²) >= 11 is 0. The average Bonchev–Trinajstić information content (AvgIpc) is 2.94. The Bertz CT molecular complexity index is 621. The maximum Gasteiger partial charge on any atom is 0.248 e. The van der Waals surface area contributed by atoms with Crippen LogP contribution in [0.1, 0.15) is 38.2 Å². The number of benzene rings is 1. The summed E-state index contributed by atoms with van der Waals surface area (Å²) in [4.78, 5) is 18.2. The minimum atomic E-state index is -0.197. The second-order valence-electron chi connectivity index (χ2n) is 6.77. The topological polar surface area (TPSA) is 66.0 Å². The van der Waals surface area contributed by atoms with Crippen molar-refractivity contribution in [1.29, 1.82) is 0 Å². The maximum absolute atomic E-state index is 11.4. The molecule has 8 heteroatoms. The maximum atomic E-state index is 11.4. The van der Waals surface area contributed by atoms with Crippen LogP contribution >= 0.6 is 24.8 Å². The van der Waals surface area contributed by atoms with Crippen LogP contribution in [0.25, 0.3) is 0 Å². The van der Waals surface area contributed by atoms with E-state index in [1.807, 2.05) is 13.0 Å². The van der Waals surface area contributed by atoms with E-state index in [4.69, 9.17) is 4.74 Å². The van der Waals surface area contributed by atoms with Crippen molar-refractivity contribution in [2.45, 2.75) is 45.2 Å². The molecular formula is C19H30Cl2N4O2. The molecule has 1 aromatic rings. The van der Waals surface area contributed by atoms with Crippen LogP contribution in [-0.4, -0.2) is 49.0 Å². The number of carbonyl (C=O) groups is 1. The smallest absolute Gasteiger partial charge is 0.248 e. The van der Waals surface area contributed by atoms with E-state index in [1.165, 1.54) is 37.9 Å². The summed E-state index contributed by atoms with van der Waals surface area (Å²) in [6.07, 6.45) is 4.80. The summed E-state index contributed by atoms with van der Waals surface area (Å²) in [7, 11) is 0. The minimum absolute atomic E-state index is 0. The zero-order valence-electron chi connectivity index (χ0n) is 15.8. The molecule has 0 aliphatic carbocycles. The van der Waals surface area contributed by atoms with E-state index in [0.717, 1.165) is 18.7 Å². The van der Waals surface area contributed by atoms with Crippen molar-refractivity contribution in [2.75, 3.05) is 26.2 Å². The van der Waals surface area contributed by atoms with Crippen LogP contribution in [0.5, 0.6) is 5.75 Å². The van der Waals surface area contributed by atoms with E-state index in [0.29, 0.717) is 19.1 Å². The molecule has 152 valence electrons. The Morgan fingerprint density at radius 3 is 2.70 bits per heavy atom. The molecule has 2 saturated heterocycles. The number of halogens is 2. The molecule has 0 bridgehead atoms. The van der Waals surface area contributed by atoms with Gasteiger partial charge in [0.1, 0.15) is 11.8 Å². The van der Waals surface area contributed by atoms with Crippen LogP contribution in [0.3, 0.4) is 0 Å². The number of guanidine groups is 1. The molecule has 2 aliphatic rings. The van der Waals surface area contributed by atoms with Gasteiger partial charge in [-0.2, -0.15) is 0 Å². The lowest BCUT2D eigenvalue weighted by molar-refractivity contribution is -0.119. The first kappa shape index (κ1) is 23.5. The number of aliphatic imine (C=N–C) groups is 1. The van der Waals surface area contributed by atoms with Gasteiger partial charge in [0.05, 0.1) is 6.61 Å². The van der Waals surface area contributed by atoms with Gasteiger partial charge in [-0.25, -0.2) is 0 Å². The second-order valence-corrected chi connectivity index (χ2v) is 6.77. The van der Waals surface area contributed by atoms with Crippen LogP contribution in [-0.2, 0) is 11.3 Å². The van der Waals surface area contributed by atoms with Crippen LogP contribution in [0.2, 0.25) is 0 Å². The summed E-state index contributed by atoms with van der Waals surface area (Å²) in [5, 5.41) is 5.72. The highest BCUT2D eigenvalue weighted by Crippen LogP contribution is 2.17. The van der Waals surface area contributed by atoms with Gasteiger partial charge < -0.3 is 10.1 Å². The van der Waals surface area contributed by atoms with Crippen LogP contribution < -0.4 is 15.4 Å². The summed E-state index contributed by atoms with van der Waals surface area (Å²) in [5.41, 5.74) is 1.31. The van der Waals surface area contributed by atoms with Gasteiger partial charge in [-0.05, 0) is 50.6 Å². The zero-order chi connectivity index (χ0) is 17.5. The standard InChI is InChI=1S/C19H28N4O2.2ClH/c1-15-18(24)22-19(21-15)20-9-6-12-25-17-8-5-7-16(13-17)14-23-10-3-2-4-11-23;;/h5,7-8,13,15H,2-4,6,9-12,14H2,1H3,(H2,20,21,22,24);2*1H. The molecule has 0 spiro atoms. The predicted octanol–water partition coefficient (Wildman–Crippen LogP) is 2.75. The molecule has 2 N–H and O–H groups in total. The molecule has 0 radical (unpaired) electrons. The minimum Gasteiger partial charge on any atom is -0.494 e. The van der Waals surface area contributed by atoms with Crippen molar-refractivity contribution in [1.82, 2.24) is 15.5 Å². The third-order valence-corrected chi connectivity index (χ3v) is 4.58. The van der Waals surface area contributed by atoms with Crippen molar-refractivity contribution in [3.8, 4) is 5.75 Å². The number of nitrogens with zero attached hydrogens (tertiary/aromatic N) is 2. The van der Waals surface area contributed by atoms with Crippen molar-refractivity contribution in [3.05, 3.63) is 29.8 Å². The molecule has 1 unspecified atom stereocenters. The fraction of sp³-hybridized carbons (Fsp3) is 0.579. The van der Waals surface area contributed by atoms with Crippen LogP contribution in [0, 0.1) is 0 Å². The molecule has 0 aromatic heterocycles. The van der Waals surface area contributed by atoms with Crippen molar-refractivity contribution in [3.63, 3.8) is 0 Å². The van der Waals surface area contributed by atoms with Gasteiger partial charge in [-0.15, -0.1) is 24.8 Å². The third kappa shape index (κ3) is 7.56. The van der Waals surface area contributed by atoms with E-state index in [2.05, 4.69) is 38.7 Å². The number of amides is 1. The molecule has 1 aromatic carbocycles. The molecule has 2 heterocycles. The fourth-order valence-corrected chi connectivity index (χ4v) is 3.17. The molecule has 3 rings (SSSR count). The number of nitrogens with one attached hydrogen (secondary N) is 2. The molecule has 2 fully saturated rings. The quantitative estimate of drug-likeness (QED) is 0.670. The van der Waals surface area contributed by atoms with E-state index in [-0.39, 0.29) is 36.8 Å². The Labute approximate surface area is 174 Å². The molecule has 2 aliphatic heterocycles. The molecule has 27 heavy (non-hydrogen) atoms. The number of rotatable bonds is 7. The summed E-state index contributed by atoms with van der Waals surface area (Å²) < 4.78 is 5.85. The highest BCUT2D eigenvalue weighted by atomic mass is 35.5. The number of hydrogen-bond donors (Lipinski definition) is 2. The zero-order valence-corrected chi connectivity index (χ0v) is 17.4. The largest absolute Gasteiger partial charge is 0.494 e. The van der Waals surface area contributed by atoms with Gasteiger partial charge in [0.25, 0.3) is 0 Å². The summed E-state index contributed by atoms with van der Waals surface area (Å²) in [6.45, 7) is 6.48. The molecule has 1 atom stereocenters. The molecule has 1 amide bonds. The predicted molar refractivity (Wildman–Crippen MR) is 113 cm³/mol. The SMILES string of the molecule is CC1NC(=NCCCOc2cccc(CN3CCCCC3)c2)NC1=O.Cl.Cl. The van der Waals surface area contributed by atoms with Crippen molar-refractivity contribution >= 4 is 36.7 Å². The van der Waals surface area contributed by atoms with Crippen molar-refractivity contribution in [2.24, 2.45) is 4.99 Å². The van der Waals surface area contributed by atoms with E-state index >= 15 is 0 Å². The normalized spacial score (nSPS) is 21.0. The highest BCUT2D eigenvalue weighted by Gasteiger charge is 2.22. The number of piperidine rings is 1. The van der Waals surface area contributed by atoms with Gasteiger partial charge >= 0.3 is 0 Å². The summed E-state index contributed by atoms with van der Waals surface area (Å²) in [5.74, 6) is 1.46. The Hall–Kier alpha value is -1.50. The Morgan fingerprint density at radius 2 is 2.00 bits per heavy atom. The van der Waals surface area contributed by atoms with Gasteiger partial charge in [0, 0.05) is 19.5 Å². The lowest BCUT2D eigenvalue weighted by atomic mass is 10.1. The lowest BCUT2D eigenvalue weighted by Gasteiger charge is -2.26. The Morgan fingerprint density at radius 1 is 1.22 bits per heavy atom. The monoisotopic (exact) mass is 416 g/mol. The first-order valence-corrected chi connectivity index (χ1v) is 9.27. The molecular weight excluding hydrogens is 387 g/mol. The number of carbonyl (C=O) groups excluding carboxylic acids is 1. The summed E-state index contributed by atoms with van der Waals surface area (Å²) in [6, 6.07) is 8.18. The Balaban J connectivity index is 0.00000182. The van der Waals surface area contributed by atoms with Gasteiger partial charge in [-0.3, -0.25) is 20.0 Å². The number of likely N-dealkylation sites (tertiary alicyclic amines) is 1. The first-order chi connectivity index (χ1) is 12.2. The van der Waals surface area contributed by atoms with E-state index in [1.54, 1.807) is 0 Å². The first-order valence-electron chi connectivity index (χ1n) is 9.27. The number of hydrogen-bond acceptors (Lipinski definition) is 4. The Kier molecular flexibility index (Phi) is 10.5. The second kappa shape index (κ2) is 12.1. The van der Waals surface area contributed by atoms with E-state index < -0.39 is 0 Å². The van der Waals surface area contributed by atoms with Gasteiger partial charge in [-0.1, -0.05) is 18.6 Å². The van der Waals surface area contributed by atoms with Crippen molar-refractivity contribution < 1.29 is 9.53 Å². The fourth-order valence-electron chi connectivity index (χ4n) is 3.17. The van der Waals surface area contributed by atoms with Crippen LogP contribution in [0.15, 0.2) is 29.3 Å². The average molecular weight is 417 g/mol. The highest BCUT2D eigenvalue weighted by molar-refractivity contribution is 6.06. The van der Waals surface area contributed by atoms with Gasteiger partial charge in [0.2, 0.25) is 5.91 Å².